The van der Waals surface area contributed by atoms with Gasteiger partial charge in [-0.25, -0.2) is 8.78 Å². The van der Waals surface area contributed by atoms with Crippen LogP contribution in [-0.4, -0.2) is 40.2 Å². The van der Waals surface area contributed by atoms with Gasteiger partial charge in [-0.05, 0) is 30.7 Å². The zero-order valence-electron chi connectivity index (χ0n) is 11.5. The minimum absolute atomic E-state index is 0. The third-order valence-electron chi connectivity index (χ3n) is 2.58. The Hall–Kier alpha value is -1.27. The highest BCUT2D eigenvalue weighted by molar-refractivity contribution is 5.85. The van der Waals surface area contributed by atoms with Crippen LogP contribution < -0.4 is 19.9 Å². The van der Waals surface area contributed by atoms with E-state index in [-0.39, 0.29) is 18.2 Å². The molecule has 1 rings (SSSR count). The lowest BCUT2D eigenvalue weighted by Gasteiger charge is -2.19. The summed E-state index contributed by atoms with van der Waals surface area (Å²) in [6.07, 6.45) is -0.522. The summed E-state index contributed by atoms with van der Waals surface area (Å²) in [7, 11) is 2.90. The Morgan fingerprint density at radius 3 is 1.95 bits per heavy atom. The van der Waals surface area contributed by atoms with Crippen molar-refractivity contribution in [3.63, 3.8) is 0 Å². The van der Waals surface area contributed by atoms with Crippen molar-refractivity contribution in [2.45, 2.75) is 12.5 Å². The van der Waals surface area contributed by atoms with Gasteiger partial charge in [0.1, 0.15) is 13.3 Å². The van der Waals surface area contributed by atoms with E-state index in [9.17, 15) is 8.78 Å². The maximum atomic E-state index is 12.6. The average Bonchev–Trinajstić information content (AvgIpc) is 2.45. The molecule has 0 bridgehead atoms. The van der Waals surface area contributed by atoms with E-state index in [1.165, 1.54) is 14.2 Å². The summed E-state index contributed by atoms with van der Waals surface area (Å²) in [5.41, 5.74) is 6.40. The fraction of sp³-hybridized carbons (Fsp3) is 0.538. The van der Waals surface area contributed by atoms with Crippen molar-refractivity contribution < 1.29 is 23.0 Å². The molecule has 2 N–H and O–H groups in total. The third kappa shape index (κ3) is 4.68. The molecule has 0 unspecified atom stereocenters. The van der Waals surface area contributed by atoms with Gasteiger partial charge in [-0.15, -0.1) is 12.4 Å². The second-order valence-corrected chi connectivity index (χ2v) is 3.92. The molecule has 1 aromatic carbocycles. The minimum atomic E-state index is -1.16. The first-order valence-electron chi connectivity index (χ1n) is 5.93. The number of hydrogen-bond donors (Lipinski definition) is 1. The molecule has 0 atom stereocenters. The van der Waals surface area contributed by atoms with Crippen LogP contribution in [0, 0.1) is 0 Å². The average molecular weight is 312 g/mol. The molecule has 7 heteroatoms. The van der Waals surface area contributed by atoms with Gasteiger partial charge < -0.3 is 19.9 Å². The Morgan fingerprint density at radius 2 is 1.60 bits per heavy atom. The molecule has 116 valence electrons. The van der Waals surface area contributed by atoms with Gasteiger partial charge in [-0.2, -0.15) is 0 Å². The first kappa shape index (κ1) is 18.7. The predicted molar refractivity (Wildman–Crippen MR) is 75.9 cm³/mol. The van der Waals surface area contributed by atoms with Crippen LogP contribution in [0.1, 0.15) is 5.56 Å². The van der Waals surface area contributed by atoms with E-state index in [0.29, 0.717) is 24.5 Å². The van der Waals surface area contributed by atoms with Gasteiger partial charge in [-0.1, -0.05) is 0 Å². The Bertz CT molecular complexity index is 378. The topological polar surface area (TPSA) is 53.7 Å². The lowest BCUT2D eigenvalue weighted by Crippen LogP contribution is -2.22. The number of benzene rings is 1. The molecule has 0 spiro atoms. The number of nitrogens with two attached hydrogens (primary N) is 1. The lowest BCUT2D eigenvalue weighted by molar-refractivity contribution is 0.125. The Morgan fingerprint density at radius 1 is 1.10 bits per heavy atom. The summed E-state index contributed by atoms with van der Waals surface area (Å²) in [5, 5.41) is 0. The van der Waals surface area contributed by atoms with Gasteiger partial charge in [-0.3, -0.25) is 0 Å². The second-order valence-electron chi connectivity index (χ2n) is 3.92. The molecule has 0 fully saturated rings. The van der Waals surface area contributed by atoms with E-state index in [4.69, 9.17) is 19.9 Å². The number of rotatable bonds is 8. The van der Waals surface area contributed by atoms with Crippen LogP contribution in [0.3, 0.4) is 0 Å². The third-order valence-corrected chi connectivity index (χ3v) is 2.58. The van der Waals surface area contributed by atoms with Crippen LogP contribution in [0.15, 0.2) is 12.1 Å². The van der Waals surface area contributed by atoms with Gasteiger partial charge in [0.2, 0.25) is 5.75 Å². The van der Waals surface area contributed by atoms with Crippen molar-refractivity contribution in [1.29, 1.82) is 0 Å². The van der Waals surface area contributed by atoms with Gasteiger partial charge in [0.15, 0.2) is 17.6 Å². The first-order chi connectivity index (χ1) is 9.19. The summed E-state index contributed by atoms with van der Waals surface area (Å²) in [6, 6.07) is 3.44. The monoisotopic (exact) mass is 311 g/mol. The Balaban J connectivity index is 0.00000361. The molecule has 0 saturated heterocycles. The number of hydrogen-bond acceptors (Lipinski definition) is 4. The normalized spacial score (nSPS) is 10.1. The summed E-state index contributed by atoms with van der Waals surface area (Å²) >= 11 is 0. The quantitative estimate of drug-likeness (QED) is 0.800. The van der Waals surface area contributed by atoms with Crippen LogP contribution >= 0.6 is 12.4 Å². The van der Waals surface area contributed by atoms with Crippen molar-refractivity contribution in [3.05, 3.63) is 17.7 Å². The van der Waals surface area contributed by atoms with Crippen LogP contribution in [0.2, 0.25) is 0 Å². The molecule has 0 aliphatic rings. The SMILES string of the molecule is COc1cc(CCN)cc(OC)c1OC(CF)CF.Cl. The fourth-order valence-electron chi connectivity index (χ4n) is 1.63. The van der Waals surface area contributed by atoms with Crippen molar-refractivity contribution in [2.24, 2.45) is 5.73 Å². The highest BCUT2D eigenvalue weighted by Gasteiger charge is 2.19. The fourth-order valence-corrected chi connectivity index (χ4v) is 1.63. The van der Waals surface area contributed by atoms with E-state index >= 15 is 0 Å². The van der Waals surface area contributed by atoms with Crippen molar-refractivity contribution in [1.82, 2.24) is 0 Å². The van der Waals surface area contributed by atoms with E-state index in [1.54, 1.807) is 12.1 Å². The first-order valence-corrected chi connectivity index (χ1v) is 5.93. The van der Waals surface area contributed by atoms with Crippen LogP contribution in [0.5, 0.6) is 17.2 Å². The Kier molecular flexibility index (Phi) is 9.00. The number of methoxy groups -OCH3 is 2. The lowest BCUT2D eigenvalue weighted by atomic mass is 10.1. The Labute approximate surface area is 123 Å². The van der Waals surface area contributed by atoms with E-state index in [0.717, 1.165) is 5.56 Å². The second kappa shape index (κ2) is 9.61. The molecule has 1 aromatic rings. The van der Waals surface area contributed by atoms with Gasteiger partial charge in [0.25, 0.3) is 0 Å². The summed E-state index contributed by atoms with van der Waals surface area (Å²) in [4.78, 5) is 0. The standard InChI is InChI=1S/C13H19F2NO3.ClH/c1-17-11-5-9(3-4-16)6-12(18-2)13(11)19-10(7-14)8-15;/h5-6,10H,3-4,7-8,16H2,1-2H3;1H. The zero-order valence-corrected chi connectivity index (χ0v) is 12.3. The molecule has 0 amide bonds. The summed E-state index contributed by atoms with van der Waals surface area (Å²) in [5.74, 6) is 0.940. The largest absolute Gasteiger partial charge is 0.493 e. The molecular weight excluding hydrogens is 292 g/mol. The molecular formula is C13H20ClF2NO3. The molecule has 0 aliphatic heterocycles. The molecule has 20 heavy (non-hydrogen) atoms. The zero-order chi connectivity index (χ0) is 14.3. The van der Waals surface area contributed by atoms with E-state index in [2.05, 4.69) is 0 Å². The van der Waals surface area contributed by atoms with Crippen LogP contribution in [0.4, 0.5) is 8.78 Å². The molecule has 4 nitrogen and oxygen atoms in total. The summed E-state index contributed by atoms with van der Waals surface area (Å²) in [6.45, 7) is -1.37. The number of ether oxygens (including phenoxy) is 3. The van der Waals surface area contributed by atoms with Gasteiger partial charge >= 0.3 is 0 Å². The van der Waals surface area contributed by atoms with Crippen molar-refractivity contribution in [3.8, 4) is 17.2 Å². The summed E-state index contributed by atoms with van der Waals surface area (Å²) < 4.78 is 40.7. The molecule has 0 aromatic heterocycles. The smallest absolute Gasteiger partial charge is 0.204 e. The van der Waals surface area contributed by atoms with Crippen LogP contribution in [0.25, 0.3) is 0 Å². The minimum Gasteiger partial charge on any atom is -0.493 e. The highest BCUT2D eigenvalue weighted by atomic mass is 35.5. The highest BCUT2D eigenvalue weighted by Crippen LogP contribution is 2.39. The van der Waals surface area contributed by atoms with E-state index in [1.807, 2.05) is 0 Å². The molecule has 0 saturated carbocycles. The van der Waals surface area contributed by atoms with Crippen molar-refractivity contribution >= 4 is 12.4 Å². The maximum absolute atomic E-state index is 12.6. The van der Waals surface area contributed by atoms with Crippen LogP contribution in [-0.2, 0) is 6.42 Å². The van der Waals surface area contributed by atoms with Gasteiger partial charge in [0, 0.05) is 0 Å². The maximum Gasteiger partial charge on any atom is 0.204 e. The number of halogens is 3. The predicted octanol–water partition coefficient (Wildman–Crippen LogP) is 2.31. The van der Waals surface area contributed by atoms with Gasteiger partial charge in [0.05, 0.1) is 14.2 Å². The molecule has 0 heterocycles. The number of alkyl halides is 2. The van der Waals surface area contributed by atoms with Crippen molar-refractivity contribution in [2.75, 3.05) is 34.1 Å². The molecule has 0 aliphatic carbocycles. The molecule has 0 radical (unpaired) electrons. The van der Waals surface area contributed by atoms with E-state index < -0.39 is 19.5 Å².